The van der Waals surface area contributed by atoms with Gasteiger partial charge in [0.25, 0.3) is 5.91 Å². The second kappa shape index (κ2) is 8.34. The first-order valence-electron chi connectivity index (χ1n) is 7.19. The number of hydrogen-bond donors (Lipinski definition) is 2. The van der Waals surface area contributed by atoms with Crippen LogP contribution in [-0.2, 0) is 4.74 Å². The number of nitrogens with one attached hydrogen (secondary N) is 2. The van der Waals surface area contributed by atoms with Crippen molar-refractivity contribution in [1.29, 1.82) is 0 Å². The zero-order chi connectivity index (χ0) is 15.8. The van der Waals surface area contributed by atoms with Crippen LogP contribution in [0.1, 0.15) is 43.3 Å². The molecule has 0 aliphatic heterocycles. The van der Waals surface area contributed by atoms with Gasteiger partial charge in [0.1, 0.15) is 5.76 Å². The second-order valence-corrected chi connectivity index (χ2v) is 5.29. The molecular weight excluding hydrogens is 272 g/mol. The van der Waals surface area contributed by atoms with Crippen molar-refractivity contribution in [3.8, 4) is 0 Å². The molecular formula is C15H24N2O4. The third-order valence-corrected chi connectivity index (χ3v) is 2.97. The van der Waals surface area contributed by atoms with Crippen LogP contribution in [0.2, 0.25) is 0 Å². The Morgan fingerprint density at radius 3 is 2.62 bits per heavy atom. The van der Waals surface area contributed by atoms with Gasteiger partial charge in [-0.15, -0.1) is 0 Å². The topological polar surface area (TPSA) is 80.6 Å². The summed E-state index contributed by atoms with van der Waals surface area (Å²) in [5.74, 6) is 0.761. The summed E-state index contributed by atoms with van der Waals surface area (Å²) in [6.45, 7) is 8.27. The lowest BCUT2D eigenvalue weighted by molar-refractivity contribution is 0.0943. The van der Waals surface area contributed by atoms with Gasteiger partial charge >= 0.3 is 6.09 Å². The van der Waals surface area contributed by atoms with Crippen LogP contribution in [0.15, 0.2) is 16.7 Å². The number of furan rings is 1. The Labute approximate surface area is 125 Å². The first-order chi connectivity index (χ1) is 9.93. The largest absolute Gasteiger partial charge is 0.469 e. The van der Waals surface area contributed by atoms with E-state index in [1.54, 1.807) is 19.9 Å². The van der Waals surface area contributed by atoms with Crippen molar-refractivity contribution in [3.05, 3.63) is 23.7 Å². The summed E-state index contributed by atoms with van der Waals surface area (Å²) in [7, 11) is 0. The van der Waals surface area contributed by atoms with Crippen molar-refractivity contribution in [2.24, 2.45) is 5.92 Å². The minimum Gasteiger partial charge on any atom is -0.469 e. The average Bonchev–Trinajstić information content (AvgIpc) is 2.81. The Hall–Kier alpha value is -1.98. The molecule has 0 unspecified atom stereocenters. The van der Waals surface area contributed by atoms with Crippen molar-refractivity contribution in [1.82, 2.24) is 10.6 Å². The third kappa shape index (κ3) is 5.89. The van der Waals surface area contributed by atoms with E-state index in [2.05, 4.69) is 24.5 Å². The molecule has 0 aliphatic rings. The van der Waals surface area contributed by atoms with Crippen LogP contribution >= 0.6 is 0 Å². The van der Waals surface area contributed by atoms with E-state index in [4.69, 9.17) is 9.15 Å². The summed E-state index contributed by atoms with van der Waals surface area (Å²) < 4.78 is 9.98. The predicted molar refractivity (Wildman–Crippen MR) is 79.2 cm³/mol. The highest BCUT2D eigenvalue weighted by Gasteiger charge is 2.17. The monoisotopic (exact) mass is 296 g/mol. The number of aryl methyl sites for hydroxylation is 1. The summed E-state index contributed by atoms with van der Waals surface area (Å²) in [6, 6.07) is 1.46. The summed E-state index contributed by atoms with van der Waals surface area (Å²) >= 11 is 0. The summed E-state index contributed by atoms with van der Waals surface area (Å²) in [4.78, 5) is 23.5. The van der Waals surface area contributed by atoms with Crippen molar-refractivity contribution < 1.29 is 18.7 Å². The quantitative estimate of drug-likeness (QED) is 0.810. The van der Waals surface area contributed by atoms with Crippen LogP contribution in [0.5, 0.6) is 0 Å². The molecule has 1 atom stereocenters. The van der Waals surface area contributed by atoms with Gasteiger partial charge in [-0.25, -0.2) is 4.79 Å². The van der Waals surface area contributed by atoms with Crippen LogP contribution in [0, 0.1) is 12.8 Å². The molecule has 6 heteroatoms. The maximum atomic E-state index is 12.0. The van der Waals surface area contributed by atoms with Crippen molar-refractivity contribution in [2.45, 2.75) is 40.2 Å². The van der Waals surface area contributed by atoms with E-state index in [0.717, 1.165) is 6.42 Å². The molecule has 21 heavy (non-hydrogen) atoms. The number of hydrogen-bond acceptors (Lipinski definition) is 4. The van der Waals surface area contributed by atoms with Gasteiger partial charge in [-0.2, -0.15) is 0 Å². The van der Waals surface area contributed by atoms with Gasteiger partial charge in [0.05, 0.1) is 18.4 Å². The highest BCUT2D eigenvalue weighted by atomic mass is 16.5. The van der Waals surface area contributed by atoms with Crippen molar-refractivity contribution in [2.75, 3.05) is 13.2 Å². The molecule has 0 spiro atoms. The summed E-state index contributed by atoms with van der Waals surface area (Å²) in [5.41, 5.74) is 0.509. The fourth-order valence-electron chi connectivity index (χ4n) is 2.03. The average molecular weight is 296 g/mol. The molecule has 0 aliphatic carbocycles. The van der Waals surface area contributed by atoms with Gasteiger partial charge < -0.3 is 19.8 Å². The molecule has 0 saturated heterocycles. The molecule has 0 saturated carbocycles. The van der Waals surface area contributed by atoms with Crippen molar-refractivity contribution >= 4 is 12.0 Å². The van der Waals surface area contributed by atoms with E-state index >= 15 is 0 Å². The molecule has 0 aromatic carbocycles. The normalized spacial score (nSPS) is 12.0. The number of carbonyl (C=O) groups is 2. The molecule has 1 aromatic heterocycles. The third-order valence-electron chi connectivity index (χ3n) is 2.97. The van der Waals surface area contributed by atoms with Crippen LogP contribution in [-0.4, -0.2) is 31.2 Å². The molecule has 2 N–H and O–H groups in total. The molecule has 1 aromatic rings. The molecule has 0 radical (unpaired) electrons. The molecule has 118 valence electrons. The zero-order valence-corrected chi connectivity index (χ0v) is 13.1. The van der Waals surface area contributed by atoms with E-state index in [1.165, 1.54) is 6.26 Å². The Kier molecular flexibility index (Phi) is 6.78. The number of alkyl carbamates (subject to hydrolysis) is 1. The molecule has 2 amide bonds. The number of rotatable bonds is 7. The van der Waals surface area contributed by atoms with E-state index in [1.807, 2.05) is 0 Å². The number of carbonyl (C=O) groups excluding carboxylic acids is 2. The molecule has 0 bridgehead atoms. The lowest BCUT2D eigenvalue weighted by Crippen LogP contribution is -2.44. The summed E-state index contributed by atoms with van der Waals surface area (Å²) in [5, 5.41) is 5.57. The smallest absolute Gasteiger partial charge is 0.407 e. The van der Waals surface area contributed by atoms with Crippen molar-refractivity contribution in [3.63, 3.8) is 0 Å². The zero-order valence-electron chi connectivity index (χ0n) is 13.1. The van der Waals surface area contributed by atoms with Gasteiger partial charge in [-0.05, 0) is 32.3 Å². The number of amides is 2. The molecule has 1 heterocycles. The summed E-state index contributed by atoms with van der Waals surface area (Å²) in [6.07, 6.45) is 1.77. The van der Waals surface area contributed by atoms with Crippen LogP contribution < -0.4 is 10.6 Å². The highest BCUT2D eigenvalue weighted by molar-refractivity contribution is 5.95. The molecule has 1 rings (SSSR count). The first-order valence-corrected chi connectivity index (χ1v) is 7.19. The SMILES string of the molecule is CCOC(=O)N[C@@H](CNC(=O)c1ccoc1C)CC(C)C. The predicted octanol–water partition coefficient (Wildman–Crippen LogP) is 2.48. The standard InChI is InChI=1S/C15H24N2O4/c1-5-20-15(19)17-12(8-10(2)3)9-16-14(18)13-6-7-21-11(13)4/h6-7,10,12H,5,8-9H2,1-4H3,(H,16,18)(H,17,19)/t12-/m1/s1. The maximum Gasteiger partial charge on any atom is 0.407 e. The minimum absolute atomic E-state index is 0.166. The van der Waals surface area contributed by atoms with E-state index in [-0.39, 0.29) is 11.9 Å². The number of ether oxygens (including phenoxy) is 1. The minimum atomic E-state index is -0.461. The van der Waals surface area contributed by atoms with Gasteiger partial charge in [0.2, 0.25) is 0 Å². The van der Waals surface area contributed by atoms with Gasteiger partial charge in [-0.1, -0.05) is 13.8 Å². The highest BCUT2D eigenvalue weighted by Crippen LogP contribution is 2.09. The van der Waals surface area contributed by atoms with Gasteiger partial charge in [0, 0.05) is 12.6 Å². The Bertz CT molecular complexity index is 468. The fourth-order valence-corrected chi connectivity index (χ4v) is 2.03. The Morgan fingerprint density at radius 1 is 1.38 bits per heavy atom. The van der Waals surface area contributed by atoms with Crippen LogP contribution in [0.25, 0.3) is 0 Å². The van der Waals surface area contributed by atoms with E-state index < -0.39 is 6.09 Å². The Balaban J connectivity index is 2.54. The maximum absolute atomic E-state index is 12.0. The van der Waals surface area contributed by atoms with E-state index in [9.17, 15) is 9.59 Å². The lowest BCUT2D eigenvalue weighted by atomic mass is 10.0. The van der Waals surface area contributed by atoms with E-state index in [0.29, 0.717) is 30.4 Å². The fraction of sp³-hybridized carbons (Fsp3) is 0.600. The first kappa shape index (κ1) is 17.1. The van der Waals surface area contributed by atoms with Crippen LogP contribution in [0.4, 0.5) is 4.79 Å². The molecule has 6 nitrogen and oxygen atoms in total. The second-order valence-electron chi connectivity index (χ2n) is 5.29. The molecule has 0 fully saturated rings. The lowest BCUT2D eigenvalue weighted by Gasteiger charge is -2.20. The van der Waals surface area contributed by atoms with Gasteiger partial charge in [0.15, 0.2) is 0 Å². The van der Waals surface area contributed by atoms with Crippen LogP contribution in [0.3, 0.4) is 0 Å². The Morgan fingerprint density at radius 2 is 2.10 bits per heavy atom. The van der Waals surface area contributed by atoms with Gasteiger partial charge in [-0.3, -0.25) is 4.79 Å².